The fourth-order valence-electron chi connectivity index (χ4n) is 4.27. The van der Waals surface area contributed by atoms with Gasteiger partial charge in [-0.2, -0.15) is 5.10 Å². The number of halogens is 4. The molecule has 0 aliphatic heterocycles. The van der Waals surface area contributed by atoms with E-state index in [1.807, 2.05) is 36.4 Å². The lowest BCUT2D eigenvalue weighted by molar-refractivity contribution is 0.0728. The summed E-state index contributed by atoms with van der Waals surface area (Å²) in [6.45, 7) is 2.13. The van der Waals surface area contributed by atoms with E-state index in [-0.39, 0.29) is 16.3 Å². The molecule has 4 aromatic carbocycles. The van der Waals surface area contributed by atoms with Crippen molar-refractivity contribution in [2.45, 2.75) is 6.92 Å². The molecule has 0 radical (unpaired) electrons. The number of hydrazone groups is 1. The van der Waals surface area contributed by atoms with Crippen LogP contribution in [0.2, 0.25) is 15.1 Å². The molecule has 0 unspecified atom stereocenters. The number of ether oxygens (including phenoxy) is 2. The summed E-state index contributed by atoms with van der Waals surface area (Å²) in [6.07, 6.45) is 1.46. The third-order valence-electron chi connectivity index (χ3n) is 6.13. The third kappa shape index (κ3) is 6.57. The van der Waals surface area contributed by atoms with Crippen molar-refractivity contribution in [3.63, 3.8) is 0 Å². The van der Waals surface area contributed by atoms with E-state index < -0.39 is 11.9 Å². The number of benzene rings is 4. The normalized spacial score (nSPS) is 11.2. The molecule has 42 heavy (non-hydrogen) atoms. The van der Waals surface area contributed by atoms with Gasteiger partial charge in [0, 0.05) is 35.6 Å². The molecule has 2 N–H and O–H groups in total. The number of amides is 1. The number of rotatable bonds is 8. The summed E-state index contributed by atoms with van der Waals surface area (Å²) in [4.78, 5) is 29.2. The number of nitrogens with zero attached hydrogens (tertiary/aromatic N) is 1. The highest BCUT2D eigenvalue weighted by Crippen LogP contribution is 2.37. The first-order chi connectivity index (χ1) is 20.2. The summed E-state index contributed by atoms with van der Waals surface area (Å²) in [5.41, 5.74) is 5.89. The number of hydrogen-bond acceptors (Lipinski definition) is 5. The van der Waals surface area contributed by atoms with Crippen LogP contribution >= 0.6 is 57.4 Å². The molecule has 1 amide bonds. The molecule has 5 aromatic rings. The van der Waals surface area contributed by atoms with Crippen LogP contribution in [0.4, 0.5) is 0 Å². The van der Waals surface area contributed by atoms with Gasteiger partial charge in [-0.1, -0.05) is 53.0 Å². The Hall–Kier alpha value is -3.57. The number of nitrogens with one attached hydrogen (secondary N) is 2. The second-order valence-electron chi connectivity index (χ2n) is 8.90. The van der Waals surface area contributed by atoms with Crippen molar-refractivity contribution in [2.75, 3.05) is 6.61 Å². The number of carbonyl (C=O) groups is 2. The van der Waals surface area contributed by atoms with Crippen molar-refractivity contribution in [1.29, 1.82) is 0 Å². The zero-order valence-electron chi connectivity index (χ0n) is 21.9. The minimum absolute atomic E-state index is 0.166. The molecule has 0 aliphatic carbocycles. The first-order valence-corrected chi connectivity index (χ1v) is 14.8. The maximum absolute atomic E-state index is 13.3. The molecule has 5 rings (SSSR count). The number of H-pyrrole nitrogens is 1. The Bertz CT molecular complexity index is 1860. The van der Waals surface area contributed by atoms with Crippen LogP contribution in [0.1, 0.15) is 33.3 Å². The fourth-order valence-corrected chi connectivity index (χ4v) is 5.47. The SMILES string of the molecule is CCOc1cc(C=NNC(=O)c2[nH]c3ccc(I)cc3c2-c2ccccc2Cl)ccc1OC(=O)c1ccc(Cl)cc1Cl. The second kappa shape index (κ2) is 13.2. The lowest BCUT2D eigenvalue weighted by Crippen LogP contribution is -2.19. The third-order valence-corrected chi connectivity index (χ3v) is 7.68. The highest BCUT2D eigenvalue weighted by atomic mass is 127. The fraction of sp³-hybridized carbons (Fsp3) is 0.0645. The smallest absolute Gasteiger partial charge is 0.345 e. The summed E-state index contributed by atoms with van der Waals surface area (Å²) in [5, 5.41) is 6.12. The molecule has 0 atom stereocenters. The number of fused-ring (bicyclic) bond motifs is 1. The predicted molar refractivity (Wildman–Crippen MR) is 176 cm³/mol. The first kappa shape index (κ1) is 29.9. The molecule has 0 fully saturated rings. The van der Waals surface area contributed by atoms with Gasteiger partial charge in [0.1, 0.15) is 5.69 Å². The molecule has 0 saturated heterocycles. The van der Waals surface area contributed by atoms with Crippen LogP contribution in [0.3, 0.4) is 0 Å². The zero-order chi connectivity index (χ0) is 29.8. The quantitative estimate of drug-likeness (QED) is 0.0549. The van der Waals surface area contributed by atoms with Gasteiger partial charge in [-0.25, -0.2) is 10.2 Å². The summed E-state index contributed by atoms with van der Waals surface area (Å²) in [6, 6.07) is 22.6. The predicted octanol–water partition coefficient (Wildman–Crippen LogP) is 8.78. The number of hydrogen-bond donors (Lipinski definition) is 2. The largest absolute Gasteiger partial charge is 0.490 e. The van der Waals surface area contributed by atoms with Gasteiger partial charge >= 0.3 is 5.97 Å². The van der Waals surface area contributed by atoms with Crippen molar-refractivity contribution in [3.8, 4) is 22.6 Å². The van der Waals surface area contributed by atoms with Crippen LogP contribution in [0, 0.1) is 3.57 Å². The van der Waals surface area contributed by atoms with Gasteiger partial charge in [-0.15, -0.1) is 0 Å². The van der Waals surface area contributed by atoms with Gasteiger partial charge in [0.05, 0.1) is 23.4 Å². The van der Waals surface area contributed by atoms with Crippen molar-refractivity contribution in [2.24, 2.45) is 5.10 Å². The molecule has 11 heteroatoms. The summed E-state index contributed by atoms with van der Waals surface area (Å²) < 4.78 is 12.2. The average molecular weight is 733 g/mol. The highest BCUT2D eigenvalue weighted by Gasteiger charge is 2.21. The van der Waals surface area contributed by atoms with Crippen LogP contribution in [-0.2, 0) is 0 Å². The number of aromatic nitrogens is 1. The molecule has 0 bridgehead atoms. The second-order valence-corrected chi connectivity index (χ2v) is 11.4. The Kier molecular flexibility index (Phi) is 9.37. The number of aromatic amines is 1. The van der Waals surface area contributed by atoms with E-state index in [0.29, 0.717) is 39.2 Å². The van der Waals surface area contributed by atoms with E-state index in [1.54, 1.807) is 37.3 Å². The van der Waals surface area contributed by atoms with Crippen LogP contribution < -0.4 is 14.9 Å². The molecule has 7 nitrogen and oxygen atoms in total. The van der Waals surface area contributed by atoms with Crippen molar-refractivity contribution in [1.82, 2.24) is 10.4 Å². The molecule has 212 valence electrons. The maximum atomic E-state index is 13.3. The standard InChI is InChI=1S/C31H21Cl3IN3O4/c1-2-41-27-13-17(7-12-26(27)42-31(40)21-10-8-18(32)14-24(21)34)16-36-38-30(39)29-28(20-5-3-4-6-23(20)33)22-15-19(35)9-11-25(22)37-29/h3-16,37H,2H2,1H3,(H,38,39). The lowest BCUT2D eigenvalue weighted by Gasteiger charge is -2.12. The molecule has 0 saturated carbocycles. The van der Waals surface area contributed by atoms with Gasteiger partial charge in [0.2, 0.25) is 0 Å². The van der Waals surface area contributed by atoms with Gasteiger partial charge in [0.15, 0.2) is 11.5 Å². The van der Waals surface area contributed by atoms with Gasteiger partial charge in [-0.3, -0.25) is 4.79 Å². The Morgan fingerprint density at radius 1 is 0.952 bits per heavy atom. The van der Waals surface area contributed by atoms with Crippen LogP contribution in [0.25, 0.3) is 22.0 Å². The summed E-state index contributed by atoms with van der Waals surface area (Å²) in [7, 11) is 0. The zero-order valence-corrected chi connectivity index (χ0v) is 26.3. The van der Waals surface area contributed by atoms with Gasteiger partial charge in [-0.05, 0) is 95.7 Å². The van der Waals surface area contributed by atoms with Crippen LogP contribution in [0.15, 0.2) is 84.0 Å². The van der Waals surface area contributed by atoms with E-state index in [0.717, 1.165) is 20.0 Å². The minimum atomic E-state index is -0.659. The van der Waals surface area contributed by atoms with E-state index in [1.165, 1.54) is 18.3 Å². The van der Waals surface area contributed by atoms with Gasteiger partial charge < -0.3 is 14.5 Å². The Labute approximate surface area is 269 Å². The Morgan fingerprint density at radius 3 is 2.52 bits per heavy atom. The number of carbonyl (C=O) groups excluding carboxylic acids is 2. The molecule has 0 aliphatic rings. The molecule has 1 heterocycles. The Morgan fingerprint density at radius 2 is 1.76 bits per heavy atom. The Balaban J connectivity index is 1.38. The van der Waals surface area contributed by atoms with Crippen LogP contribution in [0.5, 0.6) is 11.5 Å². The van der Waals surface area contributed by atoms with Crippen molar-refractivity contribution < 1.29 is 19.1 Å². The monoisotopic (exact) mass is 731 g/mol. The molecular formula is C31H21Cl3IN3O4. The van der Waals surface area contributed by atoms with Crippen molar-refractivity contribution in [3.05, 3.63) is 114 Å². The molecular weight excluding hydrogens is 712 g/mol. The summed E-state index contributed by atoms with van der Waals surface area (Å²) in [5.74, 6) is -0.583. The minimum Gasteiger partial charge on any atom is -0.490 e. The maximum Gasteiger partial charge on any atom is 0.345 e. The van der Waals surface area contributed by atoms with Crippen LogP contribution in [-0.4, -0.2) is 29.7 Å². The van der Waals surface area contributed by atoms with Gasteiger partial charge in [0.25, 0.3) is 5.91 Å². The number of esters is 1. The highest BCUT2D eigenvalue weighted by molar-refractivity contribution is 14.1. The summed E-state index contributed by atoms with van der Waals surface area (Å²) >= 11 is 20.8. The molecule has 0 spiro atoms. The van der Waals surface area contributed by atoms with E-state index in [2.05, 4.69) is 38.1 Å². The van der Waals surface area contributed by atoms with E-state index in [9.17, 15) is 9.59 Å². The molecule has 1 aromatic heterocycles. The lowest BCUT2D eigenvalue weighted by atomic mass is 10.0. The van der Waals surface area contributed by atoms with E-state index >= 15 is 0 Å². The van der Waals surface area contributed by atoms with Crippen molar-refractivity contribution >= 4 is 86.4 Å². The topological polar surface area (TPSA) is 92.8 Å². The first-order valence-electron chi connectivity index (χ1n) is 12.6. The average Bonchev–Trinajstić information content (AvgIpc) is 3.33. The van der Waals surface area contributed by atoms with E-state index in [4.69, 9.17) is 44.3 Å².